The number of rotatable bonds is 5. The van der Waals surface area contributed by atoms with Crippen molar-refractivity contribution in [2.75, 3.05) is 5.75 Å². The van der Waals surface area contributed by atoms with E-state index in [4.69, 9.17) is 0 Å². The third-order valence-electron chi connectivity index (χ3n) is 4.09. The summed E-state index contributed by atoms with van der Waals surface area (Å²) in [5.74, 6) is -2.46. The summed E-state index contributed by atoms with van der Waals surface area (Å²) < 4.78 is 32.6. The Morgan fingerprint density at radius 1 is 1.08 bits per heavy atom. The van der Waals surface area contributed by atoms with Crippen LogP contribution in [0, 0.1) is 0 Å². The van der Waals surface area contributed by atoms with E-state index in [0.29, 0.717) is 10.9 Å². The third kappa shape index (κ3) is 3.09. The minimum Gasteiger partial charge on any atom is -0.508 e. The summed E-state index contributed by atoms with van der Waals surface area (Å²) in [5, 5.41) is 20.0. The second-order valence-electron chi connectivity index (χ2n) is 5.76. The molecular weight excluding hydrogens is 346 g/mol. The highest BCUT2D eigenvalue weighted by Gasteiger charge is 2.47. The fraction of sp³-hybridized carbons (Fsp3) is 0.118. The van der Waals surface area contributed by atoms with Gasteiger partial charge >= 0.3 is 5.97 Å². The number of nitrogens with one attached hydrogen (secondary N) is 1. The lowest BCUT2D eigenvalue weighted by molar-refractivity contribution is -0.141. The summed E-state index contributed by atoms with van der Waals surface area (Å²) in [6.07, 6.45) is 0. The largest absolute Gasteiger partial charge is 0.508 e. The van der Waals surface area contributed by atoms with Gasteiger partial charge in [0.1, 0.15) is 16.9 Å². The molecule has 0 amide bonds. The van der Waals surface area contributed by atoms with Gasteiger partial charge in [0.2, 0.25) is 0 Å². The van der Waals surface area contributed by atoms with Gasteiger partial charge in [0.25, 0.3) is 10.1 Å². The first-order valence-electron chi connectivity index (χ1n) is 7.29. The van der Waals surface area contributed by atoms with Crippen LogP contribution in [0.2, 0.25) is 0 Å². The Morgan fingerprint density at radius 2 is 1.76 bits per heavy atom. The molecule has 0 fully saturated rings. The molecule has 1 aromatic heterocycles. The lowest BCUT2D eigenvalue weighted by Gasteiger charge is -2.27. The van der Waals surface area contributed by atoms with E-state index in [1.54, 1.807) is 24.3 Å². The SMILES string of the molecule is O=C(O)C(CS(=O)(=O)O)(c1ccccc1)c1cc2cc(O)ccc2[nH]1. The summed E-state index contributed by atoms with van der Waals surface area (Å²) in [5.41, 5.74) is -1.20. The van der Waals surface area contributed by atoms with Gasteiger partial charge in [0.05, 0.1) is 0 Å². The third-order valence-corrected chi connectivity index (χ3v) is 4.89. The van der Waals surface area contributed by atoms with E-state index in [0.717, 1.165) is 0 Å². The zero-order valence-electron chi connectivity index (χ0n) is 12.9. The van der Waals surface area contributed by atoms with E-state index < -0.39 is 27.3 Å². The average molecular weight is 361 g/mol. The number of aliphatic carboxylic acids is 1. The monoisotopic (exact) mass is 361 g/mol. The van der Waals surface area contributed by atoms with Gasteiger partial charge in [-0.3, -0.25) is 9.35 Å². The number of H-pyrrole nitrogens is 1. The Morgan fingerprint density at radius 3 is 2.36 bits per heavy atom. The molecule has 3 rings (SSSR count). The Balaban J connectivity index is 2.33. The van der Waals surface area contributed by atoms with Crippen molar-refractivity contribution in [3.05, 3.63) is 65.9 Å². The molecule has 0 spiro atoms. The molecule has 4 N–H and O–H groups in total. The molecule has 2 aromatic carbocycles. The van der Waals surface area contributed by atoms with Crippen LogP contribution in [0.4, 0.5) is 0 Å². The predicted molar refractivity (Wildman–Crippen MR) is 91.2 cm³/mol. The Labute approximate surface area is 143 Å². The number of aromatic amines is 1. The van der Waals surface area contributed by atoms with E-state index in [-0.39, 0.29) is 17.0 Å². The lowest BCUT2D eigenvalue weighted by Crippen LogP contribution is -2.43. The number of carboxylic acids is 1. The molecule has 8 heteroatoms. The van der Waals surface area contributed by atoms with Crippen LogP contribution in [-0.2, 0) is 20.3 Å². The first kappa shape index (κ1) is 17.0. The van der Waals surface area contributed by atoms with Crippen LogP contribution in [0.5, 0.6) is 5.75 Å². The summed E-state index contributed by atoms with van der Waals surface area (Å²) in [6, 6.07) is 13.7. The van der Waals surface area contributed by atoms with Gasteiger partial charge in [-0.1, -0.05) is 30.3 Å². The van der Waals surface area contributed by atoms with Crippen molar-refractivity contribution in [1.82, 2.24) is 4.98 Å². The lowest BCUT2D eigenvalue weighted by atomic mass is 9.79. The fourth-order valence-corrected chi connectivity index (χ4v) is 3.96. The number of benzene rings is 2. The number of aromatic nitrogens is 1. The number of hydrogen-bond donors (Lipinski definition) is 4. The van der Waals surface area contributed by atoms with Crippen LogP contribution in [0.25, 0.3) is 10.9 Å². The first-order valence-corrected chi connectivity index (χ1v) is 8.89. The summed E-state index contributed by atoms with van der Waals surface area (Å²) in [7, 11) is -4.62. The molecule has 1 atom stereocenters. The van der Waals surface area contributed by atoms with Gasteiger partial charge < -0.3 is 15.2 Å². The van der Waals surface area contributed by atoms with E-state index in [9.17, 15) is 28.0 Å². The molecule has 25 heavy (non-hydrogen) atoms. The number of aromatic hydroxyl groups is 1. The van der Waals surface area contributed by atoms with Crippen LogP contribution in [0.15, 0.2) is 54.6 Å². The van der Waals surface area contributed by atoms with Crippen molar-refractivity contribution in [3.8, 4) is 5.75 Å². The molecule has 3 aromatic rings. The molecule has 1 unspecified atom stereocenters. The highest BCUT2D eigenvalue weighted by atomic mass is 32.2. The molecule has 0 saturated heterocycles. The van der Waals surface area contributed by atoms with Crippen molar-refractivity contribution in [1.29, 1.82) is 0 Å². The standard InChI is InChI=1S/C17H15NO6S/c19-13-6-7-14-11(8-13)9-15(18-14)17(16(20)21,10-25(22,23)24)12-4-2-1-3-5-12/h1-9,18-19H,10H2,(H,20,21)(H,22,23,24). The fourth-order valence-electron chi connectivity index (χ4n) is 2.96. The first-order chi connectivity index (χ1) is 11.7. The second-order valence-corrected chi connectivity index (χ2v) is 7.21. The van der Waals surface area contributed by atoms with Crippen molar-refractivity contribution >= 4 is 27.0 Å². The van der Waals surface area contributed by atoms with E-state index in [2.05, 4.69) is 4.98 Å². The quantitative estimate of drug-likeness (QED) is 0.516. The molecular formula is C17H15NO6S. The van der Waals surface area contributed by atoms with Crippen LogP contribution in [0.1, 0.15) is 11.3 Å². The maximum Gasteiger partial charge on any atom is 0.321 e. The van der Waals surface area contributed by atoms with Gasteiger partial charge in [-0.15, -0.1) is 0 Å². The highest BCUT2D eigenvalue weighted by molar-refractivity contribution is 7.85. The number of phenolic OH excluding ortho intramolecular Hbond substituents is 1. The maximum absolute atomic E-state index is 12.2. The minimum absolute atomic E-state index is 0.00605. The van der Waals surface area contributed by atoms with Crippen molar-refractivity contribution < 1.29 is 28.0 Å². The maximum atomic E-state index is 12.2. The zero-order chi connectivity index (χ0) is 18.2. The molecule has 0 aliphatic heterocycles. The molecule has 0 radical (unpaired) electrons. The normalized spacial score (nSPS) is 14.3. The van der Waals surface area contributed by atoms with Gasteiger partial charge in [0.15, 0.2) is 0 Å². The van der Waals surface area contributed by atoms with Gasteiger partial charge in [0, 0.05) is 16.6 Å². The topological polar surface area (TPSA) is 128 Å². The van der Waals surface area contributed by atoms with Crippen molar-refractivity contribution in [2.45, 2.75) is 5.41 Å². The summed E-state index contributed by atoms with van der Waals surface area (Å²) in [4.78, 5) is 15.1. The zero-order valence-corrected chi connectivity index (χ0v) is 13.7. The molecule has 1 heterocycles. The number of carbonyl (C=O) groups is 1. The molecule has 0 bridgehead atoms. The van der Waals surface area contributed by atoms with E-state index in [1.165, 1.54) is 30.3 Å². The predicted octanol–water partition coefficient (Wildman–Crippen LogP) is 2.13. The second kappa shape index (κ2) is 5.91. The molecule has 0 aliphatic carbocycles. The summed E-state index contributed by atoms with van der Waals surface area (Å²) >= 11 is 0. The Bertz CT molecular complexity index is 1040. The van der Waals surface area contributed by atoms with E-state index >= 15 is 0 Å². The average Bonchev–Trinajstić information content (AvgIpc) is 2.95. The Kier molecular flexibility index (Phi) is 4.02. The molecule has 0 aliphatic rings. The molecule has 130 valence electrons. The van der Waals surface area contributed by atoms with Crippen LogP contribution < -0.4 is 0 Å². The van der Waals surface area contributed by atoms with Gasteiger partial charge in [-0.2, -0.15) is 8.42 Å². The van der Waals surface area contributed by atoms with Gasteiger partial charge in [-0.25, -0.2) is 0 Å². The highest BCUT2D eigenvalue weighted by Crippen LogP contribution is 2.36. The summed E-state index contributed by atoms with van der Waals surface area (Å²) in [6.45, 7) is 0. The number of carboxylic acid groups (broad SMARTS) is 1. The van der Waals surface area contributed by atoms with Crippen molar-refractivity contribution in [3.63, 3.8) is 0 Å². The minimum atomic E-state index is -4.62. The van der Waals surface area contributed by atoms with Gasteiger partial charge in [-0.05, 0) is 29.8 Å². The number of hydrogen-bond acceptors (Lipinski definition) is 4. The van der Waals surface area contributed by atoms with E-state index in [1.807, 2.05) is 0 Å². The molecule has 0 saturated carbocycles. The number of phenols is 1. The van der Waals surface area contributed by atoms with Crippen LogP contribution >= 0.6 is 0 Å². The Hall–Kier alpha value is -2.84. The van der Waals surface area contributed by atoms with Crippen molar-refractivity contribution in [2.24, 2.45) is 0 Å². The molecule has 7 nitrogen and oxygen atoms in total. The van der Waals surface area contributed by atoms with Crippen LogP contribution in [-0.4, -0.2) is 39.9 Å². The smallest absolute Gasteiger partial charge is 0.321 e. The van der Waals surface area contributed by atoms with Crippen LogP contribution in [0.3, 0.4) is 0 Å². The number of fused-ring (bicyclic) bond motifs is 1.